The van der Waals surface area contributed by atoms with Gasteiger partial charge in [-0.05, 0) is 58.6 Å². The summed E-state index contributed by atoms with van der Waals surface area (Å²) in [4.78, 5) is 16.1. The van der Waals surface area contributed by atoms with Gasteiger partial charge < -0.3 is 14.6 Å². The zero-order chi connectivity index (χ0) is 22.3. The molecule has 0 amide bonds. The van der Waals surface area contributed by atoms with E-state index in [1.165, 1.54) is 18.9 Å². The van der Waals surface area contributed by atoms with Crippen molar-refractivity contribution in [3.63, 3.8) is 0 Å². The number of hydrogen-bond acceptors (Lipinski definition) is 6. The van der Waals surface area contributed by atoms with E-state index in [9.17, 15) is 4.39 Å². The van der Waals surface area contributed by atoms with Crippen LogP contribution in [0.5, 0.6) is 0 Å². The van der Waals surface area contributed by atoms with Gasteiger partial charge in [0.25, 0.3) is 0 Å². The number of hydrogen-bond donors (Lipinski definition) is 1. The van der Waals surface area contributed by atoms with E-state index < -0.39 is 0 Å². The Labute approximate surface area is 202 Å². The summed E-state index contributed by atoms with van der Waals surface area (Å²) in [6.45, 7) is 6.56. The molecule has 6 nitrogen and oxygen atoms in total. The summed E-state index contributed by atoms with van der Waals surface area (Å²) in [6, 6.07) is 3.99. The van der Waals surface area contributed by atoms with Crippen molar-refractivity contribution < 1.29 is 4.39 Å². The van der Waals surface area contributed by atoms with Gasteiger partial charge in [0.2, 0.25) is 0 Å². The number of pyridine rings is 2. The third-order valence-corrected chi connectivity index (χ3v) is 8.35. The number of nitrogens with zero attached hydrogens (tertiary/aromatic N) is 5. The standard InChI is InChI=1S/C24H27FN6S.ClH/c1-14-12-31-13-15(7-17(25)21(31)27-14)18-8-20-19(11-26-18)28-22(32-20)30(4)16-9-23(2)5-6-24(3,10-16)29-23;/h7-8,11-13,16,29H,5-6,9-10H2,1-4H3;1H/t16-,23-,24+;. The van der Waals surface area contributed by atoms with Crippen molar-refractivity contribution in [3.8, 4) is 11.3 Å². The lowest BCUT2D eigenvalue weighted by molar-refractivity contribution is 0.208. The highest BCUT2D eigenvalue weighted by molar-refractivity contribution is 7.22. The second kappa shape index (κ2) is 7.61. The number of imidazole rings is 1. The van der Waals surface area contributed by atoms with E-state index in [4.69, 9.17) is 4.98 Å². The Morgan fingerprint density at radius 2 is 1.88 bits per heavy atom. The van der Waals surface area contributed by atoms with Gasteiger partial charge in [-0.15, -0.1) is 12.4 Å². The topological polar surface area (TPSA) is 58.4 Å². The number of aromatic nitrogens is 4. The Hall–Kier alpha value is -2.29. The molecule has 0 aliphatic carbocycles. The summed E-state index contributed by atoms with van der Waals surface area (Å²) >= 11 is 1.68. The first-order valence-corrected chi connectivity index (χ1v) is 12.0. The zero-order valence-corrected chi connectivity index (χ0v) is 20.9. The second-order valence-corrected chi connectivity index (χ2v) is 11.2. The fraction of sp³-hybridized carbons (Fsp3) is 0.458. The van der Waals surface area contributed by atoms with E-state index in [1.807, 2.05) is 25.4 Å². The van der Waals surface area contributed by atoms with Gasteiger partial charge in [-0.3, -0.25) is 4.98 Å². The zero-order valence-electron chi connectivity index (χ0n) is 19.2. The van der Waals surface area contributed by atoms with Crippen LogP contribution in [0.1, 0.15) is 45.2 Å². The molecule has 0 spiro atoms. The molecule has 4 aromatic heterocycles. The molecule has 3 atom stereocenters. The summed E-state index contributed by atoms with van der Waals surface area (Å²) in [5, 5.41) is 4.88. The number of fused-ring (bicyclic) bond motifs is 4. The molecular formula is C24H28ClFN6S. The Morgan fingerprint density at radius 1 is 1.15 bits per heavy atom. The maximum atomic E-state index is 14.6. The average molecular weight is 487 g/mol. The Kier molecular flexibility index (Phi) is 5.19. The van der Waals surface area contributed by atoms with Gasteiger partial charge in [-0.25, -0.2) is 14.4 Å². The number of piperidine rings is 1. The van der Waals surface area contributed by atoms with Crippen LogP contribution in [-0.4, -0.2) is 43.5 Å². The molecule has 0 radical (unpaired) electrons. The summed E-state index contributed by atoms with van der Waals surface area (Å²) < 4.78 is 17.4. The largest absolute Gasteiger partial charge is 0.348 e. The van der Waals surface area contributed by atoms with Crippen molar-refractivity contribution in [2.45, 2.75) is 63.6 Å². The van der Waals surface area contributed by atoms with Crippen molar-refractivity contribution >= 4 is 44.7 Å². The summed E-state index contributed by atoms with van der Waals surface area (Å²) in [5.74, 6) is -0.343. The van der Waals surface area contributed by atoms with Crippen LogP contribution in [0.4, 0.5) is 9.52 Å². The van der Waals surface area contributed by atoms with E-state index in [1.54, 1.807) is 21.9 Å². The van der Waals surface area contributed by atoms with Gasteiger partial charge in [-0.1, -0.05) is 11.3 Å². The van der Waals surface area contributed by atoms with Crippen LogP contribution >= 0.6 is 23.7 Å². The van der Waals surface area contributed by atoms with E-state index in [0.29, 0.717) is 11.7 Å². The second-order valence-electron chi connectivity index (χ2n) is 10.1. The highest BCUT2D eigenvalue weighted by Crippen LogP contribution is 2.44. The smallest absolute Gasteiger partial charge is 0.186 e. The van der Waals surface area contributed by atoms with Crippen LogP contribution in [-0.2, 0) is 0 Å². The molecule has 0 aromatic carbocycles. The first kappa shape index (κ1) is 22.5. The number of nitrogens with one attached hydrogen (secondary N) is 1. The highest BCUT2D eigenvalue weighted by Gasteiger charge is 2.49. The fourth-order valence-electron chi connectivity index (χ4n) is 5.70. The molecular weight excluding hydrogens is 459 g/mol. The van der Waals surface area contributed by atoms with E-state index in [0.717, 1.165) is 45.1 Å². The van der Waals surface area contributed by atoms with Crippen molar-refractivity contribution in [1.29, 1.82) is 0 Å². The number of rotatable bonds is 3. The molecule has 33 heavy (non-hydrogen) atoms. The molecule has 9 heteroatoms. The average Bonchev–Trinajstić information content (AvgIpc) is 3.39. The Morgan fingerprint density at radius 3 is 2.61 bits per heavy atom. The lowest BCUT2D eigenvalue weighted by atomic mass is 9.84. The lowest BCUT2D eigenvalue weighted by Gasteiger charge is -2.45. The van der Waals surface area contributed by atoms with Gasteiger partial charge >= 0.3 is 0 Å². The quantitative estimate of drug-likeness (QED) is 0.421. The molecule has 2 saturated heterocycles. The highest BCUT2D eigenvalue weighted by atomic mass is 35.5. The third-order valence-electron chi connectivity index (χ3n) is 7.24. The maximum Gasteiger partial charge on any atom is 0.186 e. The first-order chi connectivity index (χ1) is 15.2. The minimum atomic E-state index is -0.343. The normalized spacial score (nSPS) is 26.6. The lowest BCUT2D eigenvalue weighted by Crippen LogP contribution is -2.58. The summed E-state index contributed by atoms with van der Waals surface area (Å²) in [7, 11) is 2.17. The predicted octanol–water partition coefficient (Wildman–Crippen LogP) is 5.37. The summed E-state index contributed by atoms with van der Waals surface area (Å²) in [6.07, 6.45) is 10.2. The maximum absolute atomic E-state index is 14.6. The predicted molar refractivity (Wildman–Crippen MR) is 134 cm³/mol. The molecule has 6 heterocycles. The van der Waals surface area contributed by atoms with Gasteiger partial charge in [0.05, 0.1) is 22.3 Å². The third kappa shape index (κ3) is 3.78. The number of aryl methyl sites for hydroxylation is 1. The number of halogens is 2. The van der Waals surface area contributed by atoms with Gasteiger partial charge in [-0.2, -0.15) is 0 Å². The van der Waals surface area contributed by atoms with E-state index >= 15 is 0 Å². The van der Waals surface area contributed by atoms with E-state index in [2.05, 4.69) is 41.1 Å². The molecule has 4 aromatic rings. The van der Waals surface area contributed by atoms with Crippen molar-refractivity contribution in [2.24, 2.45) is 0 Å². The molecule has 1 N–H and O–H groups in total. The van der Waals surface area contributed by atoms with Crippen LogP contribution in [0, 0.1) is 12.7 Å². The van der Waals surface area contributed by atoms with Crippen LogP contribution < -0.4 is 10.2 Å². The molecule has 2 aliphatic heterocycles. The minimum absolute atomic E-state index is 0. The summed E-state index contributed by atoms with van der Waals surface area (Å²) in [5.41, 5.74) is 3.91. The number of thiazole rings is 1. The van der Waals surface area contributed by atoms with Crippen LogP contribution in [0.2, 0.25) is 0 Å². The molecule has 2 fully saturated rings. The minimum Gasteiger partial charge on any atom is -0.348 e. The Bertz CT molecular complexity index is 1350. The van der Waals surface area contributed by atoms with Crippen molar-refractivity contribution in [2.75, 3.05) is 11.9 Å². The fourth-order valence-corrected chi connectivity index (χ4v) is 6.71. The first-order valence-electron chi connectivity index (χ1n) is 11.1. The monoisotopic (exact) mass is 486 g/mol. The van der Waals surface area contributed by atoms with Crippen molar-refractivity contribution in [1.82, 2.24) is 24.7 Å². The van der Waals surface area contributed by atoms with Crippen molar-refractivity contribution in [3.05, 3.63) is 42.2 Å². The molecule has 6 rings (SSSR count). The number of anilines is 1. The van der Waals surface area contributed by atoms with Gasteiger partial charge in [0, 0.05) is 42.1 Å². The SMILES string of the molecule is Cc1cn2cc(-c3cc4sc(N(C)[C@H]5C[C@]6(C)CC[C@](C)(C5)N6)nc4cn3)cc(F)c2n1.Cl. The van der Waals surface area contributed by atoms with Gasteiger partial charge in [0.15, 0.2) is 16.6 Å². The van der Waals surface area contributed by atoms with Crippen LogP contribution in [0.3, 0.4) is 0 Å². The molecule has 2 bridgehead atoms. The van der Waals surface area contributed by atoms with Crippen LogP contribution in [0.15, 0.2) is 30.7 Å². The molecule has 2 aliphatic rings. The Balaban J connectivity index is 0.00000228. The molecule has 0 saturated carbocycles. The van der Waals surface area contributed by atoms with Crippen LogP contribution in [0.25, 0.3) is 27.1 Å². The molecule has 174 valence electrons. The van der Waals surface area contributed by atoms with E-state index in [-0.39, 0.29) is 29.3 Å². The van der Waals surface area contributed by atoms with Gasteiger partial charge in [0.1, 0.15) is 5.52 Å². The molecule has 0 unspecified atom stereocenters.